The molecule has 0 saturated carbocycles. The normalized spacial score (nSPS) is 13.6. The summed E-state index contributed by atoms with van der Waals surface area (Å²) in [5.41, 5.74) is 12.7. The summed E-state index contributed by atoms with van der Waals surface area (Å²) >= 11 is 0. The lowest BCUT2D eigenvalue weighted by Crippen LogP contribution is -2.15. The largest absolute Gasteiger partial charge is 0.310 e. The van der Waals surface area contributed by atoms with Gasteiger partial charge in [0.2, 0.25) is 0 Å². The first-order chi connectivity index (χ1) is 25.2. The summed E-state index contributed by atoms with van der Waals surface area (Å²) in [5, 5.41) is 7.83. The number of anilines is 3. The Labute approximate surface area is 307 Å². The first-order valence-electron chi connectivity index (χ1n) is 18.4. The molecule has 1 aliphatic carbocycles. The minimum atomic E-state index is -0.115. The minimum absolute atomic E-state index is 0.0953. The molecule has 0 amide bonds. The highest BCUT2D eigenvalue weighted by Gasteiger charge is 2.38. The molecule has 1 heteroatoms. The molecule has 0 heterocycles. The summed E-state index contributed by atoms with van der Waals surface area (Å²) in [4.78, 5) is 2.38. The van der Waals surface area contributed by atoms with Gasteiger partial charge in [0.25, 0.3) is 0 Å². The van der Waals surface area contributed by atoms with Gasteiger partial charge >= 0.3 is 0 Å². The molecule has 8 aromatic carbocycles. The van der Waals surface area contributed by atoms with Crippen LogP contribution in [-0.2, 0) is 10.8 Å². The highest BCUT2D eigenvalue weighted by Crippen LogP contribution is 2.54. The second-order valence-electron chi connectivity index (χ2n) is 15.8. The van der Waals surface area contributed by atoms with Crippen LogP contribution in [0.1, 0.15) is 62.4 Å². The zero-order chi connectivity index (χ0) is 35.6. The summed E-state index contributed by atoms with van der Waals surface area (Å²) in [6.45, 7) is 11.6. The van der Waals surface area contributed by atoms with Gasteiger partial charge < -0.3 is 4.90 Å². The van der Waals surface area contributed by atoms with Crippen molar-refractivity contribution in [2.24, 2.45) is 0 Å². The van der Waals surface area contributed by atoms with Crippen LogP contribution in [-0.4, -0.2) is 0 Å². The fraction of sp³-hybridized carbons (Fsp3) is 0.137. The van der Waals surface area contributed by atoms with Gasteiger partial charge in [0.05, 0.1) is 5.69 Å². The van der Waals surface area contributed by atoms with Gasteiger partial charge in [-0.25, -0.2) is 0 Å². The van der Waals surface area contributed by atoms with Crippen molar-refractivity contribution in [1.29, 1.82) is 0 Å². The van der Waals surface area contributed by atoms with E-state index in [0.717, 1.165) is 11.4 Å². The van der Waals surface area contributed by atoms with Crippen LogP contribution in [0.4, 0.5) is 17.1 Å². The van der Waals surface area contributed by atoms with Crippen LogP contribution >= 0.6 is 0 Å². The molecule has 9 rings (SSSR count). The Bertz CT molecular complexity index is 2660. The Morgan fingerprint density at radius 3 is 1.73 bits per heavy atom. The fourth-order valence-electron chi connectivity index (χ4n) is 8.47. The SMILES string of the molecule is CC(C)(C)c1ccc(N(c2ccc(C=Cc3ccc4c(c3)C(C)(C)c3c-4c4ccccc4c4ccccc34)cc2)c2cccc3ccccc23)cc1. The maximum absolute atomic E-state index is 2.41. The lowest BCUT2D eigenvalue weighted by Gasteiger charge is -2.28. The second kappa shape index (κ2) is 12.1. The standard InChI is InChI=1S/C51H43N/c1-50(2,3)37-26-30-39(31-27-37)52(47-20-12-14-36-13-6-7-15-40(36)47)38-28-23-34(24-29-38)21-22-35-25-32-45-46(33-35)51(4,5)49-44-19-11-9-17-42(44)41-16-8-10-18-43(41)48(45)49/h6-33H,1-5H3. The first-order valence-corrected chi connectivity index (χ1v) is 18.4. The average molecular weight is 670 g/mol. The molecule has 0 unspecified atom stereocenters. The minimum Gasteiger partial charge on any atom is -0.310 e. The highest BCUT2D eigenvalue weighted by molar-refractivity contribution is 6.18. The predicted molar refractivity (Wildman–Crippen MR) is 225 cm³/mol. The molecular weight excluding hydrogens is 627 g/mol. The van der Waals surface area contributed by atoms with E-state index < -0.39 is 0 Å². The monoisotopic (exact) mass is 669 g/mol. The van der Waals surface area contributed by atoms with Crippen molar-refractivity contribution in [2.75, 3.05) is 4.90 Å². The Hall–Kier alpha value is -5.92. The van der Waals surface area contributed by atoms with Crippen LogP contribution in [0.2, 0.25) is 0 Å². The molecule has 252 valence electrons. The van der Waals surface area contributed by atoms with Crippen molar-refractivity contribution in [1.82, 2.24) is 0 Å². The van der Waals surface area contributed by atoms with Crippen molar-refractivity contribution < 1.29 is 0 Å². The lowest BCUT2D eigenvalue weighted by molar-refractivity contribution is 0.590. The van der Waals surface area contributed by atoms with Crippen molar-refractivity contribution in [3.05, 3.63) is 186 Å². The van der Waals surface area contributed by atoms with Crippen molar-refractivity contribution in [3.63, 3.8) is 0 Å². The molecular formula is C51H43N. The van der Waals surface area contributed by atoms with Gasteiger partial charge in [0.1, 0.15) is 0 Å². The summed E-state index contributed by atoms with van der Waals surface area (Å²) in [6.07, 6.45) is 4.50. The molecule has 1 aliphatic rings. The van der Waals surface area contributed by atoms with E-state index in [-0.39, 0.29) is 10.8 Å². The third kappa shape index (κ3) is 5.23. The van der Waals surface area contributed by atoms with Gasteiger partial charge in [-0.15, -0.1) is 0 Å². The molecule has 0 N–H and O–H groups in total. The lowest BCUT2D eigenvalue weighted by atomic mass is 9.79. The molecule has 0 atom stereocenters. The van der Waals surface area contributed by atoms with Crippen LogP contribution in [0.25, 0.3) is 55.6 Å². The number of fused-ring (bicyclic) bond motifs is 9. The van der Waals surface area contributed by atoms with Crippen LogP contribution in [0.5, 0.6) is 0 Å². The van der Waals surface area contributed by atoms with Gasteiger partial charge in [-0.2, -0.15) is 0 Å². The molecule has 1 nitrogen and oxygen atoms in total. The molecule has 0 radical (unpaired) electrons. The number of benzene rings is 8. The Kier molecular flexibility index (Phi) is 7.45. The third-order valence-corrected chi connectivity index (χ3v) is 11.2. The maximum Gasteiger partial charge on any atom is 0.0540 e. The van der Waals surface area contributed by atoms with E-state index >= 15 is 0 Å². The summed E-state index contributed by atoms with van der Waals surface area (Å²) in [5.74, 6) is 0. The fourth-order valence-corrected chi connectivity index (χ4v) is 8.47. The average Bonchev–Trinajstić information content (AvgIpc) is 3.41. The zero-order valence-corrected chi connectivity index (χ0v) is 30.6. The Morgan fingerprint density at radius 2 is 1.04 bits per heavy atom. The van der Waals surface area contributed by atoms with Crippen LogP contribution in [0.3, 0.4) is 0 Å². The first kappa shape index (κ1) is 32.0. The smallest absolute Gasteiger partial charge is 0.0540 e. The number of rotatable bonds is 5. The van der Waals surface area contributed by atoms with Crippen molar-refractivity contribution in [3.8, 4) is 11.1 Å². The summed E-state index contributed by atoms with van der Waals surface area (Å²) in [6, 6.07) is 58.1. The van der Waals surface area contributed by atoms with E-state index in [0.29, 0.717) is 0 Å². The topological polar surface area (TPSA) is 3.24 Å². The van der Waals surface area contributed by atoms with Crippen LogP contribution in [0, 0.1) is 0 Å². The van der Waals surface area contributed by atoms with Gasteiger partial charge in [0.15, 0.2) is 0 Å². The molecule has 0 aliphatic heterocycles. The number of hydrogen-bond donors (Lipinski definition) is 0. The van der Waals surface area contributed by atoms with E-state index in [1.807, 2.05) is 0 Å². The van der Waals surface area contributed by atoms with Crippen LogP contribution in [0.15, 0.2) is 158 Å². The summed E-state index contributed by atoms with van der Waals surface area (Å²) < 4.78 is 0. The van der Waals surface area contributed by atoms with E-state index in [4.69, 9.17) is 0 Å². The van der Waals surface area contributed by atoms with Gasteiger partial charge in [0, 0.05) is 22.2 Å². The Balaban J connectivity index is 1.07. The van der Waals surface area contributed by atoms with E-state index in [1.165, 1.54) is 76.9 Å². The Morgan fingerprint density at radius 1 is 0.500 bits per heavy atom. The van der Waals surface area contributed by atoms with E-state index in [9.17, 15) is 0 Å². The molecule has 0 bridgehead atoms. The quantitative estimate of drug-likeness (QED) is 0.130. The maximum atomic E-state index is 2.41. The van der Waals surface area contributed by atoms with Crippen LogP contribution < -0.4 is 4.90 Å². The van der Waals surface area contributed by atoms with Gasteiger partial charge in [-0.05, 0) is 102 Å². The predicted octanol–water partition coefficient (Wildman–Crippen LogP) is 14.4. The molecule has 52 heavy (non-hydrogen) atoms. The third-order valence-electron chi connectivity index (χ3n) is 11.2. The van der Waals surface area contributed by atoms with Gasteiger partial charge in [-0.3, -0.25) is 0 Å². The molecule has 0 saturated heterocycles. The molecule has 0 aromatic heterocycles. The number of nitrogens with zero attached hydrogens (tertiary/aromatic N) is 1. The second-order valence-corrected chi connectivity index (χ2v) is 15.8. The van der Waals surface area contributed by atoms with E-state index in [2.05, 4.69) is 209 Å². The number of hydrogen-bond acceptors (Lipinski definition) is 1. The molecule has 0 fully saturated rings. The van der Waals surface area contributed by atoms with Crippen molar-refractivity contribution in [2.45, 2.75) is 45.4 Å². The zero-order valence-electron chi connectivity index (χ0n) is 30.6. The van der Waals surface area contributed by atoms with E-state index in [1.54, 1.807) is 0 Å². The highest BCUT2D eigenvalue weighted by atomic mass is 15.1. The van der Waals surface area contributed by atoms with Gasteiger partial charge in [-0.1, -0.05) is 174 Å². The summed E-state index contributed by atoms with van der Waals surface area (Å²) in [7, 11) is 0. The molecule has 0 spiro atoms. The molecule has 8 aromatic rings. The van der Waals surface area contributed by atoms with Crippen molar-refractivity contribution >= 4 is 61.5 Å².